The molecular formula is C19H30N4O2. The van der Waals surface area contributed by atoms with Crippen LogP contribution in [-0.2, 0) is 22.6 Å². The predicted molar refractivity (Wildman–Crippen MR) is 96.0 cm³/mol. The molecule has 1 aliphatic heterocycles. The molecule has 2 heterocycles. The summed E-state index contributed by atoms with van der Waals surface area (Å²) < 4.78 is 2.10. The molecule has 6 heteroatoms. The van der Waals surface area contributed by atoms with Crippen molar-refractivity contribution in [1.82, 2.24) is 19.8 Å². The third-order valence-corrected chi connectivity index (χ3v) is 5.41. The second-order valence-electron chi connectivity index (χ2n) is 7.38. The number of imidazole rings is 1. The van der Waals surface area contributed by atoms with E-state index in [1.165, 1.54) is 12.8 Å². The van der Waals surface area contributed by atoms with Crippen molar-refractivity contribution >= 4 is 11.8 Å². The third kappa shape index (κ3) is 4.22. The minimum atomic E-state index is -0.0234. The highest BCUT2D eigenvalue weighted by atomic mass is 16.2. The first-order valence-corrected chi connectivity index (χ1v) is 9.73. The van der Waals surface area contributed by atoms with Gasteiger partial charge in [-0.2, -0.15) is 0 Å². The number of nitrogens with one attached hydrogen (secondary N) is 1. The Hall–Kier alpha value is -1.85. The van der Waals surface area contributed by atoms with E-state index in [1.54, 1.807) is 0 Å². The zero-order valence-corrected chi connectivity index (χ0v) is 15.5. The highest BCUT2D eigenvalue weighted by Crippen LogP contribution is 2.26. The fraction of sp³-hybridized carbons (Fsp3) is 0.737. The number of carbonyl (C=O) groups excluding carboxylic acids is 2. The van der Waals surface area contributed by atoms with Crippen molar-refractivity contribution in [3.05, 3.63) is 17.7 Å². The zero-order chi connectivity index (χ0) is 17.8. The molecule has 1 saturated carbocycles. The molecule has 2 aliphatic rings. The highest BCUT2D eigenvalue weighted by molar-refractivity contribution is 5.78. The van der Waals surface area contributed by atoms with E-state index in [2.05, 4.69) is 21.8 Å². The summed E-state index contributed by atoms with van der Waals surface area (Å²) in [6.45, 7) is 5.61. The molecule has 0 aromatic carbocycles. The number of aromatic nitrogens is 2. The summed E-state index contributed by atoms with van der Waals surface area (Å²) in [5, 5.41) is 3.12. The van der Waals surface area contributed by atoms with Gasteiger partial charge in [0.1, 0.15) is 5.82 Å². The van der Waals surface area contributed by atoms with E-state index in [0.29, 0.717) is 18.9 Å². The van der Waals surface area contributed by atoms with Gasteiger partial charge in [-0.05, 0) is 26.2 Å². The van der Waals surface area contributed by atoms with Crippen molar-refractivity contribution in [2.75, 3.05) is 6.54 Å². The molecule has 0 unspecified atom stereocenters. The van der Waals surface area contributed by atoms with Gasteiger partial charge in [-0.25, -0.2) is 4.98 Å². The largest absolute Gasteiger partial charge is 0.353 e. The van der Waals surface area contributed by atoms with Gasteiger partial charge in [0.15, 0.2) is 0 Å². The van der Waals surface area contributed by atoms with Gasteiger partial charge >= 0.3 is 0 Å². The van der Waals surface area contributed by atoms with Gasteiger partial charge < -0.3 is 14.8 Å². The maximum atomic E-state index is 12.4. The Morgan fingerprint density at radius 3 is 2.76 bits per heavy atom. The van der Waals surface area contributed by atoms with Crippen LogP contribution in [-0.4, -0.2) is 38.9 Å². The minimum absolute atomic E-state index is 0.0234. The van der Waals surface area contributed by atoms with Crippen LogP contribution in [0.4, 0.5) is 0 Å². The van der Waals surface area contributed by atoms with E-state index >= 15 is 0 Å². The van der Waals surface area contributed by atoms with Crippen LogP contribution in [0, 0.1) is 0 Å². The number of fused-ring (bicyclic) bond motifs is 1. The molecule has 1 aromatic heterocycles. The highest BCUT2D eigenvalue weighted by Gasteiger charge is 2.29. The van der Waals surface area contributed by atoms with Gasteiger partial charge in [0.25, 0.3) is 0 Å². The second-order valence-corrected chi connectivity index (χ2v) is 7.38. The van der Waals surface area contributed by atoms with Crippen LogP contribution >= 0.6 is 0 Å². The average molecular weight is 346 g/mol. The van der Waals surface area contributed by atoms with Gasteiger partial charge in [0.2, 0.25) is 11.8 Å². The summed E-state index contributed by atoms with van der Waals surface area (Å²) in [7, 11) is 0. The monoisotopic (exact) mass is 346 g/mol. The van der Waals surface area contributed by atoms with E-state index in [4.69, 9.17) is 0 Å². The van der Waals surface area contributed by atoms with Crippen molar-refractivity contribution in [1.29, 1.82) is 0 Å². The maximum absolute atomic E-state index is 12.4. The van der Waals surface area contributed by atoms with Crippen molar-refractivity contribution in [3.63, 3.8) is 0 Å². The number of hydrogen-bond donors (Lipinski definition) is 1. The van der Waals surface area contributed by atoms with E-state index in [0.717, 1.165) is 50.3 Å². The Labute approximate surface area is 150 Å². The molecule has 138 valence electrons. The Balaban J connectivity index is 1.61. The predicted octanol–water partition coefficient (Wildman–Crippen LogP) is 2.58. The molecule has 0 radical (unpaired) electrons. The number of nitrogens with zero attached hydrogens (tertiary/aromatic N) is 3. The molecule has 1 fully saturated rings. The van der Waals surface area contributed by atoms with Crippen molar-refractivity contribution < 1.29 is 9.59 Å². The van der Waals surface area contributed by atoms with E-state index in [-0.39, 0.29) is 17.9 Å². The molecular weight excluding hydrogens is 316 g/mol. The molecule has 25 heavy (non-hydrogen) atoms. The van der Waals surface area contributed by atoms with Gasteiger partial charge in [-0.1, -0.05) is 26.2 Å². The van der Waals surface area contributed by atoms with Gasteiger partial charge in [0.05, 0.1) is 18.2 Å². The molecule has 0 bridgehead atoms. The lowest BCUT2D eigenvalue weighted by Crippen LogP contribution is -2.41. The van der Waals surface area contributed by atoms with Crippen LogP contribution in [0.3, 0.4) is 0 Å². The van der Waals surface area contributed by atoms with Crippen LogP contribution in [0.2, 0.25) is 0 Å². The Bertz CT molecular complexity index is 619. The van der Waals surface area contributed by atoms with Crippen molar-refractivity contribution in [2.45, 2.75) is 83.8 Å². The SMILES string of the molecule is CCCCC(=O)N1CCn2cc(CC(=O)NC3CCCC3)nc2[C@H]1C. The Morgan fingerprint density at radius 2 is 2.04 bits per heavy atom. The lowest BCUT2D eigenvalue weighted by atomic mass is 10.1. The molecule has 1 atom stereocenters. The molecule has 1 aliphatic carbocycles. The number of rotatable bonds is 6. The summed E-state index contributed by atoms with van der Waals surface area (Å²) in [4.78, 5) is 31.2. The lowest BCUT2D eigenvalue weighted by Gasteiger charge is -2.33. The molecule has 3 rings (SSSR count). The molecule has 0 saturated heterocycles. The Kier molecular flexibility index (Phi) is 5.76. The second kappa shape index (κ2) is 8.02. The molecule has 2 amide bonds. The summed E-state index contributed by atoms with van der Waals surface area (Å²) in [5.74, 6) is 1.18. The van der Waals surface area contributed by atoms with Crippen LogP contribution < -0.4 is 5.32 Å². The maximum Gasteiger partial charge on any atom is 0.226 e. The average Bonchev–Trinajstić information content (AvgIpc) is 3.22. The fourth-order valence-corrected chi connectivity index (χ4v) is 3.96. The van der Waals surface area contributed by atoms with Crippen molar-refractivity contribution in [2.24, 2.45) is 0 Å². The quantitative estimate of drug-likeness (QED) is 0.861. The lowest BCUT2D eigenvalue weighted by molar-refractivity contribution is -0.134. The van der Waals surface area contributed by atoms with E-state index in [9.17, 15) is 9.59 Å². The molecule has 1 N–H and O–H groups in total. The van der Waals surface area contributed by atoms with Crippen LogP contribution in [0.5, 0.6) is 0 Å². The molecule has 1 aromatic rings. The number of amides is 2. The van der Waals surface area contributed by atoms with Crippen molar-refractivity contribution in [3.8, 4) is 0 Å². The first kappa shape index (κ1) is 18.0. The fourth-order valence-electron chi connectivity index (χ4n) is 3.96. The van der Waals surface area contributed by atoms with Gasteiger partial charge in [0, 0.05) is 31.7 Å². The third-order valence-electron chi connectivity index (χ3n) is 5.41. The first-order chi connectivity index (χ1) is 12.1. The molecule has 6 nitrogen and oxygen atoms in total. The Morgan fingerprint density at radius 1 is 1.28 bits per heavy atom. The van der Waals surface area contributed by atoms with E-state index in [1.807, 2.05) is 18.0 Å². The first-order valence-electron chi connectivity index (χ1n) is 9.73. The van der Waals surface area contributed by atoms with Crippen LogP contribution in [0.15, 0.2) is 6.20 Å². The zero-order valence-electron chi connectivity index (χ0n) is 15.5. The normalized spacial score (nSPS) is 20.6. The molecule has 0 spiro atoms. The number of unbranched alkanes of at least 4 members (excludes halogenated alkanes) is 1. The van der Waals surface area contributed by atoms with Gasteiger partial charge in [-0.15, -0.1) is 0 Å². The number of carbonyl (C=O) groups is 2. The van der Waals surface area contributed by atoms with Crippen LogP contribution in [0.1, 0.15) is 76.4 Å². The van der Waals surface area contributed by atoms with Gasteiger partial charge in [-0.3, -0.25) is 9.59 Å². The topological polar surface area (TPSA) is 67.2 Å². The standard InChI is InChI=1S/C19H30N4O2/c1-3-4-9-18(25)23-11-10-22-13-16(21-19(22)14(23)2)12-17(24)20-15-7-5-6-8-15/h13-15H,3-12H2,1-2H3,(H,20,24)/t14-/m1/s1. The van der Waals surface area contributed by atoms with E-state index < -0.39 is 0 Å². The smallest absolute Gasteiger partial charge is 0.226 e. The minimum Gasteiger partial charge on any atom is -0.353 e. The number of hydrogen-bond acceptors (Lipinski definition) is 3. The summed E-state index contributed by atoms with van der Waals surface area (Å²) in [5.41, 5.74) is 0.806. The summed E-state index contributed by atoms with van der Waals surface area (Å²) in [6, 6.07) is 0.320. The summed E-state index contributed by atoms with van der Waals surface area (Å²) >= 11 is 0. The van der Waals surface area contributed by atoms with Crippen LogP contribution in [0.25, 0.3) is 0 Å². The summed E-state index contributed by atoms with van der Waals surface area (Å²) in [6.07, 6.45) is 9.49.